The Kier molecular flexibility index (Phi) is 5.73. The number of ether oxygens (including phenoxy) is 1. The fourth-order valence-electron chi connectivity index (χ4n) is 5.38. The number of aryl methyl sites for hydroxylation is 1. The molecule has 184 valence electrons. The summed E-state index contributed by atoms with van der Waals surface area (Å²) in [7, 11) is 0. The predicted octanol–water partition coefficient (Wildman–Crippen LogP) is 2.93. The van der Waals surface area contributed by atoms with Gasteiger partial charge in [-0.25, -0.2) is 9.37 Å². The topological polar surface area (TPSA) is 102 Å². The van der Waals surface area contributed by atoms with Crippen molar-refractivity contribution in [2.24, 2.45) is 0 Å². The Balaban J connectivity index is 1.57. The zero-order valence-electron chi connectivity index (χ0n) is 20.0. The third-order valence-corrected chi connectivity index (χ3v) is 7.14. The number of pyridine rings is 1. The molecule has 4 aromatic heterocycles. The summed E-state index contributed by atoms with van der Waals surface area (Å²) in [6, 6.07) is 4.28. The second kappa shape index (κ2) is 9.04. The molecule has 2 aliphatic heterocycles. The van der Waals surface area contributed by atoms with Crippen molar-refractivity contribution in [2.75, 3.05) is 37.7 Å². The van der Waals surface area contributed by atoms with Crippen LogP contribution in [0.1, 0.15) is 37.2 Å². The number of nitrogens with one attached hydrogen (secondary N) is 2. The van der Waals surface area contributed by atoms with Crippen LogP contribution in [0.5, 0.6) is 0 Å². The largest absolute Gasteiger partial charge is 0.377 e. The lowest BCUT2D eigenvalue weighted by Crippen LogP contribution is -2.44. The van der Waals surface area contributed by atoms with Gasteiger partial charge in [-0.3, -0.25) is 9.78 Å². The van der Waals surface area contributed by atoms with E-state index in [1.54, 1.807) is 17.1 Å². The van der Waals surface area contributed by atoms with E-state index < -0.39 is 6.67 Å². The maximum absolute atomic E-state index is 14.7. The van der Waals surface area contributed by atoms with Crippen LogP contribution in [-0.2, 0) is 11.4 Å². The molecule has 2 N–H and O–H groups in total. The van der Waals surface area contributed by atoms with Crippen molar-refractivity contribution in [3.05, 3.63) is 35.9 Å². The molecule has 0 radical (unpaired) electrons. The molecule has 4 aromatic rings. The lowest BCUT2D eigenvalue weighted by molar-refractivity contribution is 0.0985. The molecular weight excluding hydrogens is 449 g/mol. The van der Waals surface area contributed by atoms with Crippen molar-refractivity contribution >= 4 is 16.9 Å². The normalized spacial score (nSPS) is 19.6. The standard InChI is InChI=1S/C24H30FN9O/c1-15-14-35-10-9-32(15)22-11-18(19-13-28-34(24(19)29-22)21-5-8-27-30-21)23-16(2)31-33(20(23)12-25)17-3-6-26-7-4-17/h5,8,11,13,15,17,26H,3-4,6-7,9-10,12,14H2,1-2H3,(H,27,30)/t15-/m1/s1. The SMILES string of the molecule is Cc1nn(C2CCNCC2)c(CF)c1-c1cc(N2CCOC[C@H]2C)nc2c1cnn2-c1ccn[nH]1. The van der Waals surface area contributed by atoms with Gasteiger partial charge in [0.1, 0.15) is 12.5 Å². The minimum atomic E-state index is -0.581. The van der Waals surface area contributed by atoms with E-state index in [4.69, 9.17) is 14.8 Å². The number of hydrogen-bond acceptors (Lipinski definition) is 7. The monoisotopic (exact) mass is 479 g/mol. The minimum Gasteiger partial charge on any atom is -0.377 e. The van der Waals surface area contributed by atoms with E-state index >= 15 is 0 Å². The highest BCUT2D eigenvalue weighted by atomic mass is 19.1. The van der Waals surface area contributed by atoms with Crippen LogP contribution in [-0.4, -0.2) is 73.6 Å². The van der Waals surface area contributed by atoms with Gasteiger partial charge < -0.3 is 15.0 Å². The maximum Gasteiger partial charge on any atom is 0.167 e. The Morgan fingerprint density at radius 3 is 2.86 bits per heavy atom. The van der Waals surface area contributed by atoms with Gasteiger partial charge in [-0.2, -0.15) is 20.0 Å². The first kappa shape index (κ1) is 22.2. The van der Waals surface area contributed by atoms with Crippen molar-refractivity contribution in [3.8, 4) is 16.9 Å². The third-order valence-electron chi connectivity index (χ3n) is 7.14. The smallest absolute Gasteiger partial charge is 0.167 e. The number of rotatable bonds is 5. The van der Waals surface area contributed by atoms with Gasteiger partial charge in [0.05, 0.1) is 49.1 Å². The number of anilines is 1. The van der Waals surface area contributed by atoms with E-state index in [1.807, 2.05) is 17.7 Å². The van der Waals surface area contributed by atoms with E-state index in [9.17, 15) is 4.39 Å². The number of morpholine rings is 1. The highest BCUT2D eigenvalue weighted by molar-refractivity contribution is 5.96. The van der Waals surface area contributed by atoms with Crippen LogP contribution in [0.25, 0.3) is 28.0 Å². The first-order chi connectivity index (χ1) is 17.2. The molecule has 0 aromatic carbocycles. The van der Waals surface area contributed by atoms with E-state index in [0.717, 1.165) is 66.3 Å². The molecule has 2 fully saturated rings. The van der Waals surface area contributed by atoms with Gasteiger partial charge in [0.25, 0.3) is 0 Å². The predicted molar refractivity (Wildman–Crippen MR) is 131 cm³/mol. The number of H-pyrrole nitrogens is 1. The molecule has 35 heavy (non-hydrogen) atoms. The maximum atomic E-state index is 14.7. The number of piperidine rings is 1. The van der Waals surface area contributed by atoms with Crippen LogP contribution >= 0.6 is 0 Å². The fourth-order valence-corrected chi connectivity index (χ4v) is 5.38. The van der Waals surface area contributed by atoms with Gasteiger partial charge in [0.2, 0.25) is 0 Å². The van der Waals surface area contributed by atoms with E-state index in [-0.39, 0.29) is 12.1 Å². The number of alkyl halides is 1. The van der Waals surface area contributed by atoms with Crippen LogP contribution in [0.3, 0.4) is 0 Å². The lowest BCUT2D eigenvalue weighted by atomic mass is 10.00. The Bertz CT molecular complexity index is 1320. The number of fused-ring (bicyclic) bond motifs is 1. The number of aromatic nitrogens is 7. The number of nitrogens with zero attached hydrogens (tertiary/aromatic N) is 7. The van der Waals surface area contributed by atoms with Gasteiger partial charge >= 0.3 is 0 Å². The first-order valence-electron chi connectivity index (χ1n) is 12.2. The lowest BCUT2D eigenvalue weighted by Gasteiger charge is -2.34. The zero-order valence-corrected chi connectivity index (χ0v) is 20.0. The summed E-state index contributed by atoms with van der Waals surface area (Å²) in [6.07, 6.45) is 5.36. The van der Waals surface area contributed by atoms with Crippen molar-refractivity contribution in [2.45, 2.75) is 45.4 Å². The summed E-state index contributed by atoms with van der Waals surface area (Å²) in [5, 5.41) is 20.8. The van der Waals surface area contributed by atoms with E-state index in [1.165, 1.54) is 0 Å². The molecule has 11 heteroatoms. The molecular formula is C24H30FN9O. The Morgan fingerprint density at radius 1 is 1.26 bits per heavy atom. The Labute approximate surface area is 202 Å². The van der Waals surface area contributed by atoms with Crippen LogP contribution in [0, 0.1) is 6.92 Å². The van der Waals surface area contributed by atoms with Gasteiger partial charge in [-0.15, -0.1) is 0 Å². The molecule has 0 unspecified atom stereocenters. The van der Waals surface area contributed by atoms with Gasteiger partial charge in [-0.05, 0) is 45.8 Å². The van der Waals surface area contributed by atoms with Gasteiger partial charge in [-0.1, -0.05) is 0 Å². The molecule has 6 heterocycles. The van der Waals surface area contributed by atoms with Crippen molar-refractivity contribution in [3.63, 3.8) is 0 Å². The summed E-state index contributed by atoms with van der Waals surface area (Å²) in [5.41, 5.74) is 3.87. The molecule has 2 saturated heterocycles. The van der Waals surface area contributed by atoms with Crippen LogP contribution in [0.15, 0.2) is 24.5 Å². The van der Waals surface area contributed by atoms with Crippen molar-refractivity contribution in [1.82, 2.24) is 40.1 Å². The Morgan fingerprint density at radius 2 is 2.11 bits per heavy atom. The molecule has 1 atom stereocenters. The second-order valence-electron chi connectivity index (χ2n) is 9.35. The number of hydrogen-bond donors (Lipinski definition) is 2. The summed E-state index contributed by atoms with van der Waals surface area (Å²) in [5.74, 6) is 1.54. The van der Waals surface area contributed by atoms with Crippen LogP contribution in [0.4, 0.5) is 10.2 Å². The quantitative estimate of drug-likeness (QED) is 0.454. The fraction of sp³-hybridized carbons (Fsp3) is 0.500. The molecule has 0 saturated carbocycles. The zero-order chi connectivity index (χ0) is 23.9. The van der Waals surface area contributed by atoms with Crippen molar-refractivity contribution in [1.29, 1.82) is 0 Å². The molecule has 0 spiro atoms. The molecule has 0 aliphatic carbocycles. The molecule has 0 amide bonds. The summed E-state index contributed by atoms with van der Waals surface area (Å²) < 4.78 is 24.0. The second-order valence-corrected chi connectivity index (χ2v) is 9.35. The average molecular weight is 480 g/mol. The summed E-state index contributed by atoms with van der Waals surface area (Å²) in [6.45, 7) is 7.36. The van der Waals surface area contributed by atoms with E-state index in [2.05, 4.69) is 38.5 Å². The third kappa shape index (κ3) is 3.79. The average Bonchev–Trinajstić information content (AvgIpc) is 3.62. The molecule has 0 bridgehead atoms. The molecule has 6 rings (SSSR count). The molecule has 10 nitrogen and oxygen atoms in total. The summed E-state index contributed by atoms with van der Waals surface area (Å²) >= 11 is 0. The minimum absolute atomic E-state index is 0.171. The highest BCUT2D eigenvalue weighted by Gasteiger charge is 2.28. The van der Waals surface area contributed by atoms with Crippen LogP contribution in [0.2, 0.25) is 0 Å². The first-order valence-corrected chi connectivity index (χ1v) is 12.2. The van der Waals surface area contributed by atoms with Gasteiger partial charge in [0.15, 0.2) is 11.5 Å². The highest BCUT2D eigenvalue weighted by Crippen LogP contribution is 2.38. The Hall–Kier alpha value is -3.31. The van der Waals surface area contributed by atoms with Crippen LogP contribution < -0.4 is 10.2 Å². The van der Waals surface area contributed by atoms with E-state index in [0.29, 0.717) is 24.6 Å². The number of aromatic amines is 1. The summed E-state index contributed by atoms with van der Waals surface area (Å²) in [4.78, 5) is 7.28. The number of halogens is 1. The van der Waals surface area contributed by atoms with Crippen molar-refractivity contribution < 1.29 is 9.13 Å². The van der Waals surface area contributed by atoms with Gasteiger partial charge in [0, 0.05) is 29.1 Å². The molecule has 2 aliphatic rings.